The molecule has 0 bridgehead atoms. The van der Waals surface area contributed by atoms with Crippen LogP contribution in [0.1, 0.15) is 43.4 Å². The van der Waals surface area contributed by atoms with Gasteiger partial charge in [-0.05, 0) is 61.7 Å². The third kappa shape index (κ3) is 4.54. The summed E-state index contributed by atoms with van der Waals surface area (Å²) in [5, 5.41) is 6.32. The van der Waals surface area contributed by atoms with Crippen LogP contribution in [-0.2, 0) is 4.79 Å². The molecule has 0 radical (unpaired) electrons. The zero-order valence-electron chi connectivity index (χ0n) is 17.6. The predicted octanol–water partition coefficient (Wildman–Crippen LogP) is 4.24. The number of hydrogen-bond acceptors (Lipinski definition) is 4. The summed E-state index contributed by atoms with van der Waals surface area (Å²) in [6.07, 6.45) is 2.82. The van der Waals surface area contributed by atoms with Gasteiger partial charge in [0.2, 0.25) is 0 Å². The third-order valence-electron chi connectivity index (χ3n) is 6.06. The molecule has 4 rings (SSSR count). The molecule has 1 unspecified atom stereocenters. The highest BCUT2D eigenvalue weighted by atomic mass is 19.1. The zero-order valence-corrected chi connectivity index (χ0v) is 17.6. The number of nitrogens with zero attached hydrogens (tertiary/aromatic N) is 3. The second-order valence-corrected chi connectivity index (χ2v) is 8.25. The minimum atomic E-state index is -0.286. The Morgan fingerprint density at radius 2 is 1.90 bits per heavy atom. The summed E-state index contributed by atoms with van der Waals surface area (Å²) in [6.45, 7) is 4.50. The van der Waals surface area contributed by atoms with Gasteiger partial charge in [-0.25, -0.2) is 9.40 Å². The zero-order chi connectivity index (χ0) is 21.1. The van der Waals surface area contributed by atoms with E-state index in [1.165, 1.54) is 12.1 Å². The monoisotopic (exact) mass is 409 g/mol. The summed E-state index contributed by atoms with van der Waals surface area (Å²) in [6, 6.07) is 13.8. The highest BCUT2D eigenvalue weighted by Gasteiger charge is 2.34. The van der Waals surface area contributed by atoms with Crippen molar-refractivity contribution in [3.05, 3.63) is 65.5 Å². The Labute approximate surface area is 177 Å². The first kappa shape index (κ1) is 20.5. The Balaban J connectivity index is 1.58. The van der Waals surface area contributed by atoms with Crippen molar-refractivity contribution in [2.45, 2.75) is 32.2 Å². The van der Waals surface area contributed by atoms with Crippen molar-refractivity contribution in [3.63, 3.8) is 0 Å². The lowest BCUT2D eigenvalue weighted by Gasteiger charge is -2.31. The molecule has 0 aromatic heterocycles. The molecule has 158 valence electrons. The van der Waals surface area contributed by atoms with Crippen LogP contribution in [-0.4, -0.2) is 48.3 Å². The van der Waals surface area contributed by atoms with Crippen LogP contribution in [0.3, 0.4) is 0 Å². The molecule has 2 aromatic rings. The highest BCUT2D eigenvalue weighted by Crippen LogP contribution is 2.33. The van der Waals surface area contributed by atoms with E-state index >= 15 is 0 Å². The smallest absolute Gasteiger partial charge is 0.257 e. The number of rotatable bonds is 5. The summed E-state index contributed by atoms with van der Waals surface area (Å²) in [5.41, 5.74) is 2.66. The molecule has 2 aliphatic rings. The normalized spacial score (nSPS) is 20.3. The summed E-state index contributed by atoms with van der Waals surface area (Å²) in [4.78, 5) is 15.4. The van der Waals surface area contributed by atoms with E-state index < -0.39 is 0 Å². The van der Waals surface area contributed by atoms with Gasteiger partial charge in [-0.3, -0.25) is 9.69 Å². The van der Waals surface area contributed by atoms with Gasteiger partial charge in [0.25, 0.3) is 5.91 Å². The summed E-state index contributed by atoms with van der Waals surface area (Å²) in [7, 11) is 1.63. The van der Waals surface area contributed by atoms with E-state index in [-0.39, 0.29) is 17.8 Å². The number of methoxy groups -OCH3 is 1. The minimum absolute atomic E-state index is 0.0169. The number of hydrogen-bond donors (Lipinski definition) is 0. The second-order valence-electron chi connectivity index (χ2n) is 8.25. The lowest BCUT2D eigenvalue weighted by atomic mass is 9.98. The van der Waals surface area contributed by atoms with Gasteiger partial charge in [0.15, 0.2) is 0 Å². The van der Waals surface area contributed by atoms with Gasteiger partial charge in [0.1, 0.15) is 11.6 Å². The fraction of sp³-hybridized carbons (Fsp3) is 0.417. The molecule has 1 saturated heterocycles. The Morgan fingerprint density at radius 3 is 2.60 bits per heavy atom. The van der Waals surface area contributed by atoms with Crippen LogP contribution < -0.4 is 4.74 Å². The van der Waals surface area contributed by atoms with E-state index in [2.05, 4.69) is 11.8 Å². The molecule has 1 amide bonds. The molecular weight excluding hydrogens is 381 g/mol. The topological polar surface area (TPSA) is 45.1 Å². The van der Waals surface area contributed by atoms with Gasteiger partial charge in [-0.1, -0.05) is 31.2 Å². The molecule has 0 aliphatic carbocycles. The Hall–Kier alpha value is -2.73. The number of likely N-dealkylation sites (tertiary alicyclic amines) is 1. The van der Waals surface area contributed by atoms with Crippen molar-refractivity contribution in [3.8, 4) is 5.75 Å². The molecule has 2 aromatic carbocycles. The van der Waals surface area contributed by atoms with Crippen molar-refractivity contribution >= 4 is 11.6 Å². The SMILES string of the molecule is COc1cccc(C2=NN(C(=O)CN3CCC(C)CC3)C(c3ccc(F)cc3)C2)c1. The largest absolute Gasteiger partial charge is 0.497 e. The summed E-state index contributed by atoms with van der Waals surface area (Å²) < 4.78 is 18.8. The maximum Gasteiger partial charge on any atom is 0.257 e. The third-order valence-corrected chi connectivity index (χ3v) is 6.06. The molecule has 0 saturated carbocycles. The van der Waals surface area contributed by atoms with E-state index in [9.17, 15) is 9.18 Å². The van der Waals surface area contributed by atoms with Crippen molar-refractivity contribution in [2.24, 2.45) is 11.0 Å². The average molecular weight is 410 g/mol. The highest BCUT2D eigenvalue weighted by molar-refractivity contribution is 6.03. The summed E-state index contributed by atoms with van der Waals surface area (Å²) >= 11 is 0. The molecule has 5 nitrogen and oxygen atoms in total. The van der Waals surface area contributed by atoms with Crippen LogP contribution in [0.15, 0.2) is 53.6 Å². The molecule has 1 fully saturated rings. The molecule has 0 N–H and O–H groups in total. The number of halogens is 1. The minimum Gasteiger partial charge on any atom is -0.497 e. The number of carbonyl (C=O) groups excluding carboxylic acids is 1. The first-order valence-corrected chi connectivity index (χ1v) is 10.6. The Bertz CT molecular complexity index is 920. The van der Waals surface area contributed by atoms with Gasteiger partial charge < -0.3 is 4.74 Å². The van der Waals surface area contributed by atoms with Crippen LogP contribution in [0.5, 0.6) is 5.75 Å². The molecule has 1 atom stereocenters. The van der Waals surface area contributed by atoms with E-state index in [0.29, 0.717) is 18.9 Å². The number of piperidine rings is 1. The number of ether oxygens (including phenoxy) is 1. The van der Waals surface area contributed by atoms with Gasteiger partial charge in [-0.15, -0.1) is 0 Å². The van der Waals surface area contributed by atoms with Gasteiger partial charge in [0, 0.05) is 12.0 Å². The van der Waals surface area contributed by atoms with Crippen molar-refractivity contribution in [2.75, 3.05) is 26.7 Å². The van der Waals surface area contributed by atoms with E-state index in [4.69, 9.17) is 9.84 Å². The standard InChI is InChI=1S/C24H28FN3O2/c1-17-10-12-27(13-11-17)16-24(29)28-23(18-6-8-20(25)9-7-18)15-22(26-28)19-4-3-5-21(14-19)30-2/h3-9,14,17,23H,10-13,15-16H2,1-2H3. The van der Waals surface area contributed by atoms with Gasteiger partial charge in [-0.2, -0.15) is 5.10 Å². The Morgan fingerprint density at radius 1 is 1.17 bits per heavy atom. The predicted molar refractivity (Wildman–Crippen MR) is 115 cm³/mol. The van der Waals surface area contributed by atoms with Crippen LogP contribution >= 0.6 is 0 Å². The van der Waals surface area contributed by atoms with Crippen molar-refractivity contribution < 1.29 is 13.9 Å². The number of amides is 1. The van der Waals surface area contributed by atoms with Crippen LogP contribution in [0.4, 0.5) is 4.39 Å². The van der Waals surface area contributed by atoms with E-state index in [1.807, 2.05) is 24.3 Å². The first-order valence-electron chi connectivity index (χ1n) is 10.6. The van der Waals surface area contributed by atoms with E-state index in [0.717, 1.165) is 48.5 Å². The van der Waals surface area contributed by atoms with Gasteiger partial charge >= 0.3 is 0 Å². The first-order chi connectivity index (χ1) is 14.5. The summed E-state index contributed by atoms with van der Waals surface area (Å²) in [5.74, 6) is 1.16. The maximum atomic E-state index is 13.5. The van der Waals surface area contributed by atoms with Gasteiger partial charge in [0.05, 0.1) is 25.4 Å². The van der Waals surface area contributed by atoms with Crippen molar-refractivity contribution in [1.82, 2.24) is 9.91 Å². The molecule has 2 aliphatic heterocycles. The van der Waals surface area contributed by atoms with E-state index in [1.54, 1.807) is 24.3 Å². The lowest BCUT2D eigenvalue weighted by Crippen LogP contribution is -2.41. The van der Waals surface area contributed by atoms with Crippen LogP contribution in [0, 0.1) is 11.7 Å². The molecule has 0 spiro atoms. The number of carbonyl (C=O) groups is 1. The quantitative estimate of drug-likeness (QED) is 0.742. The molecule has 6 heteroatoms. The fourth-order valence-corrected chi connectivity index (χ4v) is 4.15. The van der Waals surface area contributed by atoms with Crippen LogP contribution in [0.25, 0.3) is 0 Å². The molecule has 30 heavy (non-hydrogen) atoms. The molecular formula is C24H28FN3O2. The number of hydrazone groups is 1. The second kappa shape index (κ2) is 8.96. The Kier molecular flexibility index (Phi) is 6.13. The average Bonchev–Trinajstić information content (AvgIpc) is 3.21. The lowest BCUT2D eigenvalue weighted by molar-refractivity contribution is -0.134. The van der Waals surface area contributed by atoms with Crippen LogP contribution in [0.2, 0.25) is 0 Å². The number of benzene rings is 2. The molecule has 2 heterocycles. The maximum absolute atomic E-state index is 13.5. The van der Waals surface area contributed by atoms with Crippen molar-refractivity contribution in [1.29, 1.82) is 0 Å². The fourth-order valence-electron chi connectivity index (χ4n) is 4.15.